The first kappa shape index (κ1) is 21.3. The molecule has 0 aliphatic heterocycles. The predicted octanol–water partition coefficient (Wildman–Crippen LogP) is -1.21. The molecule has 0 aliphatic rings. The summed E-state index contributed by atoms with van der Waals surface area (Å²) < 4.78 is 127. The van der Waals surface area contributed by atoms with Crippen LogP contribution in [0.15, 0.2) is 0 Å². The minimum Gasteiger partial charge on any atom is -0.425 e. The second-order valence-electron chi connectivity index (χ2n) is 2.85. The van der Waals surface area contributed by atoms with Crippen molar-refractivity contribution < 1.29 is 66.4 Å². The summed E-state index contributed by atoms with van der Waals surface area (Å²) in [5.41, 5.74) is 0. The first-order valence-corrected chi connectivity index (χ1v) is 6.39. The Kier molecular flexibility index (Phi) is 6.04. The van der Waals surface area contributed by atoms with Gasteiger partial charge in [0.15, 0.2) is 10.0 Å². The molecule has 0 aliphatic carbocycles. The van der Waals surface area contributed by atoms with Crippen molar-refractivity contribution in [3.8, 4) is 0 Å². The van der Waals surface area contributed by atoms with Crippen LogP contribution in [0.3, 0.4) is 0 Å². The van der Waals surface area contributed by atoms with E-state index in [-0.39, 0.29) is 18.9 Å². The quantitative estimate of drug-likeness (QED) is 0.478. The first-order valence-electron chi connectivity index (χ1n) is 3.51. The molecule has 0 fully saturated rings. The SMILES string of the molecule is CC(F)(F)S(=O)(=O)[N-]S(=O)(=O)C(F)(F)C(F)(F)F.[Li+]. The molecule has 15 heteroatoms. The van der Waals surface area contributed by atoms with Gasteiger partial charge in [0.05, 0.1) is 0 Å². The monoisotopic (exact) mass is 333 g/mol. The zero-order valence-corrected chi connectivity index (χ0v) is 10.7. The van der Waals surface area contributed by atoms with Crippen LogP contribution in [0.25, 0.3) is 4.13 Å². The van der Waals surface area contributed by atoms with Crippen LogP contribution in [-0.4, -0.2) is 33.5 Å². The summed E-state index contributed by atoms with van der Waals surface area (Å²) in [6.07, 6.45) is -6.70. The summed E-state index contributed by atoms with van der Waals surface area (Å²) in [6, 6.07) is 0. The molecule has 0 saturated heterocycles. The third kappa shape index (κ3) is 4.21. The van der Waals surface area contributed by atoms with Crippen molar-refractivity contribution in [3.05, 3.63) is 4.13 Å². The number of hydrogen-bond donors (Lipinski definition) is 0. The van der Waals surface area contributed by atoms with Gasteiger partial charge in [-0.2, -0.15) is 30.7 Å². The van der Waals surface area contributed by atoms with Gasteiger partial charge >= 0.3 is 35.5 Å². The van der Waals surface area contributed by atoms with Crippen molar-refractivity contribution >= 4 is 20.0 Å². The molecule has 0 saturated carbocycles. The molecule has 0 radical (unpaired) electrons. The van der Waals surface area contributed by atoms with Crippen molar-refractivity contribution in [2.45, 2.75) is 23.6 Å². The Balaban J connectivity index is 0. The summed E-state index contributed by atoms with van der Waals surface area (Å²) in [7, 11) is -13.4. The summed E-state index contributed by atoms with van der Waals surface area (Å²) in [4.78, 5) is 0. The maximum absolute atomic E-state index is 12.3. The molecule has 0 amide bonds. The standard InChI is InChI=1S/C4H3F7NO4S2.Li/c1-2(5,6)17(13,14)12-18(15,16)4(10,11)3(7,8)9;/h1H3;/q-1;+1. The molecule has 5 nitrogen and oxygen atoms in total. The number of sulfonamides is 2. The Morgan fingerprint density at radius 2 is 1.11 bits per heavy atom. The molecule has 0 aromatic carbocycles. The molecular weight excluding hydrogens is 330 g/mol. The second kappa shape index (κ2) is 5.39. The summed E-state index contributed by atoms with van der Waals surface area (Å²) in [6.45, 7) is -0.437. The average molecular weight is 333 g/mol. The van der Waals surface area contributed by atoms with E-state index >= 15 is 0 Å². The van der Waals surface area contributed by atoms with Crippen molar-refractivity contribution in [1.29, 1.82) is 0 Å². The van der Waals surface area contributed by atoms with E-state index in [4.69, 9.17) is 0 Å². The molecule has 0 aromatic rings. The molecule has 0 bridgehead atoms. The van der Waals surface area contributed by atoms with Gasteiger partial charge in [-0.05, 0) is 0 Å². The summed E-state index contributed by atoms with van der Waals surface area (Å²) >= 11 is 0. The van der Waals surface area contributed by atoms with Crippen LogP contribution in [0.2, 0.25) is 0 Å². The minimum absolute atomic E-state index is 0. The van der Waals surface area contributed by atoms with Crippen LogP contribution in [0.1, 0.15) is 6.92 Å². The van der Waals surface area contributed by atoms with E-state index in [2.05, 4.69) is 0 Å². The Labute approximate surface area is 114 Å². The van der Waals surface area contributed by atoms with Gasteiger partial charge in [0.25, 0.3) is 0 Å². The van der Waals surface area contributed by atoms with E-state index in [1.165, 1.54) is 0 Å². The van der Waals surface area contributed by atoms with Crippen molar-refractivity contribution in [2.75, 3.05) is 0 Å². The maximum Gasteiger partial charge on any atom is 1.00 e. The normalized spacial score (nSPS) is 14.9. The van der Waals surface area contributed by atoms with Gasteiger partial charge in [-0.3, -0.25) is 0 Å². The Morgan fingerprint density at radius 1 is 0.789 bits per heavy atom. The van der Waals surface area contributed by atoms with Gasteiger partial charge in [0.1, 0.15) is 10.0 Å². The van der Waals surface area contributed by atoms with Crippen molar-refractivity contribution in [1.82, 2.24) is 0 Å². The number of halogens is 7. The summed E-state index contributed by atoms with van der Waals surface area (Å²) in [5.74, 6) is 0. The number of hydrogen-bond acceptors (Lipinski definition) is 4. The van der Waals surface area contributed by atoms with E-state index in [1.54, 1.807) is 0 Å². The van der Waals surface area contributed by atoms with Crippen LogP contribution in [0.5, 0.6) is 0 Å². The fourth-order valence-electron chi connectivity index (χ4n) is 0.388. The molecule has 0 atom stereocenters. The van der Waals surface area contributed by atoms with Gasteiger partial charge in [-0.25, -0.2) is 16.8 Å². The van der Waals surface area contributed by atoms with Gasteiger partial charge in [0, 0.05) is 6.92 Å². The van der Waals surface area contributed by atoms with Crippen LogP contribution in [0, 0.1) is 0 Å². The zero-order valence-electron chi connectivity index (χ0n) is 9.04. The van der Waals surface area contributed by atoms with Gasteiger partial charge in [-0.15, -0.1) is 0 Å². The third-order valence-electron chi connectivity index (χ3n) is 1.30. The van der Waals surface area contributed by atoms with Crippen molar-refractivity contribution in [2.24, 2.45) is 0 Å². The van der Waals surface area contributed by atoms with Crippen LogP contribution in [-0.2, 0) is 20.0 Å². The first-order chi connectivity index (χ1) is 7.46. The Bertz CT molecular complexity index is 518. The molecule has 0 spiro atoms. The minimum atomic E-state index is -7.06. The fourth-order valence-corrected chi connectivity index (χ4v) is 2.61. The van der Waals surface area contributed by atoms with E-state index < -0.39 is 43.7 Å². The number of rotatable bonds is 4. The fraction of sp³-hybridized carbons (Fsp3) is 1.00. The zero-order chi connectivity index (χ0) is 15.2. The summed E-state index contributed by atoms with van der Waals surface area (Å²) in [5, 5.41) is -11.5. The number of alkyl halides is 7. The molecule has 0 unspecified atom stereocenters. The molecular formula is C4H3F7LiNO4S2. The van der Waals surface area contributed by atoms with Crippen molar-refractivity contribution in [3.63, 3.8) is 0 Å². The molecule has 0 rings (SSSR count). The van der Waals surface area contributed by atoms with Gasteiger partial charge in [0.2, 0.25) is 0 Å². The molecule has 110 valence electrons. The van der Waals surface area contributed by atoms with Gasteiger partial charge < -0.3 is 4.13 Å². The molecule has 0 heterocycles. The third-order valence-corrected chi connectivity index (χ3v) is 4.66. The topological polar surface area (TPSA) is 82.4 Å². The molecule has 19 heavy (non-hydrogen) atoms. The Morgan fingerprint density at radius 3 is 1.32 bits per heavy atom. The van der Waals surface area contributed by atoms with Gasteiger partial charge in [-0.1, -0.05) is 0 Å². The van der Waals surface area contributed by atoms with E-state index in [9.17, 15) is 47.6 Å². The van der Waals surface area contributed by atoms with Crippen LogP contribution < -0.4 is 18.9 Å². The molecule has 0 N–H and O–H groups in total. The second-order valence-corrected chi connectivity index (χ2v) is 6.57. The van der Waals surface area contributed by atoms with E-state index in [0.29, 0.717) is 0 Å². The predicted molar refractivity (Wildman–Crippen MR) is 42.8 cm³/mol. The Hall–Kier alpha value is -0.0326. The number of nitrogens with zero attached hydrogens (tertiary/aromatic N) is 1. The molecule has 0 aromatic heterocycles. The van der Waals surface area contributed by atoms with E-state index in [1.807, 2.05) is 0 Å². The largest absolute Gasteiger partial charge is 1.00 e. The smallest absolute Gasteiger partial charge is 0.425 e. The average Bonchev–Trinajstić information content (AvgIpc) is 1.96. The van der Waals surface area contributed by atoms with Crippen LogP contribution >= 0.6 is 0 Å². The maximum atomic E-state index is 12.3. The van der Waals surface area contributed by atoms with E-state index in [0.717, 1.165) is 4.13 Å². The van der Waals surface area contributed by atoms with Crippen LogP contribution in [0.4, 0.5) is 30.7 Å².